The molecule has 0 aliphatic heterocycles. The zero-order valence-corrected chi connectivity index (χ0v) is 18.4. The fraction of sp³-hybridized carbons (Fsp3) is 0.636. The maximum Gasteiger partial charge on any atom is 0.311 e. The molecule has 164 valence electrons. The van der Waals surface area contributed by atoms with Crippen LogP contribution in [0.2, 0.25) is 0 Å². The van der Waals surface area contributed by atoms with Crippen molar-refractivity contribution in [2.24, 2.45) is 23.2 Å². The molecule has 4 bridgehead atoms. The normalized spacial score (nSPS) is 34.9. The minimum absolute atomic E-state index is 0.0104. The Kier molecular flexibility index (Phi) is 4.79. The molecule has 1 amide bonds. The molecule has 5 fully saturated rings. The first-order valence-corrected chi connectivity index (χ1v) is 12.4. The molecule has 0 aromatic heterocycles. The maximum absolute atomic E-state index is 13.2. The van der Waals surface area contributed by atoms with Gasteiger partial charge in [0.1, 0.15) is 13.4 Å². The van der Waals surface area contributed by atoms with E-state index in [1.807, 2.05) is 0 Å². The first-order chi connectivity index (χ1) is 14.7. The Balaban J connectivity index is 1.31. The van der Waals surface area contributed by atoms with E-state index in [-0.39, 0.29) is 40.1 Å². The van der Waals surface area contributed by atoms with Gasteiger partial charge in [-0.3, -0.25) is 9.59 Å². The molecule has 2 radical (unpaired) electrons. The first kappa shape index (κ1) is 21.0. The van der Waals surface area contributed by atoms with Gasteiger partial charge in [-0.15, -0.1) is 0 Å². The molecule has 0 spiro atoms. The standard InChI is InChI=1S/C22H27BN2O5S/c1-30-20(27)21-10-13-8-14(11-21)18(15(9-13)12-21)24-19(26)22(6-7-22)25-31(28,29)17-5-3-2-4-16(17)23/h2-5,13-15,18,25H,6-12H2,1H3,(H,24,26). The van der Waals surface area contributed by atoms with Crippen molar-refractivity contribution in [1.29, 1.82) is 0 Å². The van der Waals surface area contributed by atoms with Crippen molar-refractivity contribution >= 4 is 35.2 Å². The van der Waals surface area contributed by atoms with Gasteiger partial charge in [0.25, 0.3) is 0 Å². The minimum atomic E-state index is -3.91. The van der Waals surface area contributed by atoms with Gasteiger partial charge in [0.2, 0.25) is 15.9 Å². The third kappa shape index (κ3) is 3.40. The number of esters is 1. The fourth-order valence-electron chi connectivity index (χ4n) is 6.55. The van der Waals surface area contributed by atoms with Crippen LogP contribution < -0.4 is 15.5 Å². The summed E-state index contributed by atoms with van der Waals surface area (Å²) in [4.78, 5) is 25.7. The van der Waals surface area contributed by atoms with Crippen LogP contribution in [0.25, 0.3) is 0 Å². The summed E-state index contributed by atoms with van der Waals surface area (Å²) >= 11 is 0. The second-order valence-corrected chi connectivity index (χ2v) is 11.6. The number of amides is 1. The van der Waals surface area contributed by atoms with Crippen LogP contribution in [0.4, 0.5) is 0 Å². The number of hydrogen-bond acceptors (Lipinski definition) is 5. The highest BCUT2D eigenvalue weighted by Crippen LogP contribution is 2.60. The van der Waals surface area contributed by atoms with Crippen molar-refractivity contribution in [3.8, 4) is 0 Å². The molecular weight excluding hydrogens is 415 g/mol. The Morgan fingerprint density at radius 2 is 1.74 bits per heavy atom. The van der Waals surface area contributed by atoms with E-state index in [1.165, 1.54) is 19.2 Å². The summed E-state index contributed by atoms with van der Waals surface area (Å²) in [6.45, 7) is 0. The van der Waals surface area contributed by atoms with Gasteiger partial charge in [0.05, 0.1) is 17.4 Å². The Labute approximate surface area is 184 Å². The fourth-order valence-corrected chi connectivity index (χ4v) is 8.11. The summed E-state index contributed by atoms with van der Waals surface area (Å²) in [6, 6.07) is 6.22. The van der Waals surface area contributed by atoms with Gasteiger partial charge in [-0.2, -0.15) is 4.72 Å². The highest BCUT2D eigenvalue weighted by atomic mass is 32.2. The first-order valence-electron chi connectivity index (χ1n) is 11.0. The molecule has 5 aliphatic rings. The number of rotatable bonds is 6. The van der Waals surface area contributed by atoms with Gasteiger partial charge >= 0.3 is 5.97 Å². The summed E-state index contributed by atoms with van der Waals surface area (Å²) in [6.07, 6.45) is 5.27. The monoisotopic (exact) mass is 442 g/mol. The number of sulfonamides is 1. The quantitative estimate of drug-likeness (QED) is 0.501. The summed E-state index contributed by atoms with van der Waals surface area (Å²) in [5, 5.41) is 3.18. The molecule has 6 rings (SSSR count). The predicted octanol–water partition coefficient (Wildman–Crippen LogP) is 0.775. The van der Waals surface area contributed by atoms with E-state index in [0.717, 1.165) is 32.1 Å². The molecule has 2 unspecified atom stereocenters. The molecule has 0 heterocycles. The van der Waals surface area contributed by atoms with E-state index < -0.39 is 21.0 Å². The number of methoxy groups -OCH3 is 1. The zero-order valence-electron chi connectivity index (χ0n) is 17.6. The lowest BCUT2D eigenvalue weighted by Gasteiger charge is -2.58. The lowest BCUT2D eigenvalue weighted by Crippen LogP contribution is -2.63. The van der Waals surface area contributed by atoms with Gasteiger partial charge in [-0.05, 0) is 68.8 Å². The molecule has 9 heteroatoms. The average Bonchev–Trinajstić information content (AvgIpc) is 3.49. The second-order valence-electron chi connectivity index (χ2n) is 9.97. The van der Waals surface area contributed by atoms with Crippen LogP contribution in [-0.4, -0.2) is 46.8 Å². The van der Waals surface area contributed by atoms with Gasteiger partial charge in [-0.1, -0.05) is 23.7 Å². The molecule has 0 saturated heterocycles. The van der Waals surface area contributed by atoms with Crippen molar-refractivity contribution in [3.05, 3.63) is 24.3 Å². The molecule has 5 saturated carbocycles. The predicted molar refractivity (Wildman–Crippen MR) is 114 cm³/mol. The van der Waals surface area contributed by atoms with E-state index in [2.05, 4.69) is 10.0 Å². The van der Waals surface area contributed by atoms with E-state index >= 15 is 0 Å². The summed E-state index contributed by atoms with van der Waals surface area (Å²) in [7, 11) is 3.37. The van der Waals surface area contributed by atoms with Crippen LogP contribution in [0.15, 0.2) is 29.2 Å². The van der Waals surface area contributed by atoms with Crippen molar-refractivity contribution in [2.45, 2.75) is 61.4 Å². The summed E-state index contributed by atoms with van der Waals surface area (Å²) < 4.78 is 33.5. The largest absolute Gasteiger partial charge is 0.469 e. The van der Waals surface area contributed by atoms with E-state index in [1.54, 1.807) is 12.1 Å². The number of ether oxygens (including phenoxy) is 1. The van der Waals surface area contributed by atoms with Gasteiger partial charge < -0.3 is 10.1 Å². The molecular formula is C22H27BN2O5S. The van der Waals surface area contributed by atoms with Crippen LogP contribution >= 0.6 is 0 Å². The third-order valence-corrected chi connectivity index (χ3v) is 9.52. The van der Waals surface area contributed by atoms with Gasteiger partial charge in [0.15, 0.2) is 0 Å². The molecule has 1 aromatic carbocycles. The Morgan fingerprint density at radius 1 is 1.10 bits per heavy atom. The van der Waals surface area contributed by atoms with E-state index in [9.17, 15) is 18.0 Å². The molecule has 2 N–H and O–H groups in total. The summed E-state index contributed by atoms with van der Waals surface area (Å²) in [5.74, 6) is 0.566. The zero-order chi connectivity index (χ0) is 22.0. The molecule has 31 heavy (non-hydrogen) atoms. The number of carbonyl (C=O) groups excluding carboxylic acids is 2. The minimum Gasteiger partial charge on any atom is -0.469 e. The molecule has 7 nitrogen and oxygen atoms in total. The highest BCUT2D eigenvalue weighted by Gasteiger charge is 2.61. The smallest absolute Gasteiger partial charge is 0.311 e. The van der Waals surface area contributed by atoms with Crippen molar-refractivity contribution < 1.29 is 22.7 Å². The topological polar surface area (TPSA) is 102 Å². The van der Waals surface area contributed by atoms with Crippen LogP contribution in [0.3, 0.4) is 0 Å². The van der Waals surface area contributed by atoms with Crippen LogP contribution in [-0.2, 0) is 24.3 Å². The van der Waals surface area contributed by atoms with E-state index in [4.69, 9.17) is 12.6 Å². The van der Waals surface area contributed by atoms with Gasteiger partial charge in [-0.25, -0.2) is 8.42 Å². The molecule has 2 atom stereocenters. The van der Waals surface area contributed by atoms with Crippen LogP contribution in [0.1, 0.15) is 44.9 Å². The highest BCUT2D eigenvalue weighted by molar-refractivity contribution is 7.89. The van der Waals surface area contributed by atoms with Crippen molar-refractivity contribution in [1.82, 2.24) is 10.0 Å². The van der Waals surface area contributed by atoms with Crippen molar-refractivity contribution in [3.63, 3.8) is 0 Å². The Morgan fingerprint density at radius 3 is 2.32 bits per heavy atom. The molecule has 1 aromatic rings. The second kappa shape index (κ2) is 7.07. The maximum atomic E-state index is 13.2. The lowest BCUT2D eigenvalue weighted by molar-refractivity contribution is -0.171. The van der Waals surface area contributed by atoms with Crippen LogP contribution in [0.5, 0.6) is 0 Å². The number of benzene rings is 1. The van der Waals surface area contributed by atoms with Gasteiger partial charge in [0, 0.05) is 6.04 Å². The number of hydrogen-bond donors (Lipinski definition) is 2. The van der Waals surface area contributed by atoms with Crippen molar-refractivity contribution in [2.75, 3.05) is 7.11 Å². The lowest BCUT2D eigenvalue weighted by atomic mass is 9.48. The Hall–Kier alpha value is -1.87. The number of nitrogens with one attached hydrogen (secondary N) is 2. The van der Waals surface area contributed by atoms with Crippen LogP contribution in [0, 0.1) is 23.2 Å². The average molecular weight is 442 g/mol. The summed E-state index contributed by atoms with van der Waals surface area (Å²) in [5.41, 5.74) is -1.37. The third-order valence-electron chi connectivity index (χ3n) is 7.91. The molecule has 5 aliphatic carbocycles. The Bertz CT molecular complexity index is 1020. The van der Waals surface area contributed by atoms with E-state index in [0.29, 0.717) is 18.8 Å². The number of carbonyl (C=O) groups is 2. The SMILES string of the molecule is [B]c1ccccc1S(=O)(=O)NC1(C(=O)NC2C3CC4CC2CC(C(=O)OC)(C4)C3)CC1.